The van der Waals surface area contributed by atoms with Crippen LogP contribution >= 0.6 is 0 Å². The van der Waals surface area contributed by atoms with Gasteiger partial charge in [-0.1, -0.05) is 18.2 Å². The van der Waals surface area contributed by atoms with Gasteiger partial charge in [0.25, 0.3) is 0 Å². The van der Waals surface area contributed by atoms with E-state index in [4.69, 9.17) is 15.2 Å². The molecule has 2 N–H and O–H groups in total. The van der Waals surface area contributed by atoms with Gasteiger partial charge in [-0.3, -0.25) is 0 Å². The summed E-state index contributed by atoms with van der Waals surface area (Å²) >= 11 is 0. The van der Waals surface area contributed by atoms with Gasteiger partial charge in [0, 0.05) is 6.61 Å². The number of benzene rings is 1. The van der Waals surface area contributed by atoms with Crippen LogP contribution in [0.15, 0.2) is 24.3 Å². The number of hydrogen-bond donors (Lipinski definition) is 1. The zero-order valence-corrected chi connectivity index (χ0v) is 11.8. The molecule has 0 amide bonds. The zero-order valence-electron chi connectivity index (χ0n) is 11.8. The second-order valence-electron chi connectivity index (χ2n) is 5.33. The lowest BCUT2D eigenvalue weighted by Gasteiger charge is -2.18. The summed E-state index contributed by atoms with van der Waals surface area (Å²) in [5.74, 6) is 1.48. The lowest BCUT2D eigenvalue weighted by atomic mass is 9.92. The molecular formula is C16H25NO2. The van der Waals surface area contributed by atoms with Crippen molar-refractivity contribution >= 4 is 0 Å². The fourth-order valence-corrected chi connectivity index (χ4v) is 2.78. The summed E-state index contributed by atoms with van der Waals surface area (Å²) in [6, 6.07) is 8.22. The molecule has 0 saturated carbocycles. The van der Waals surface area contributed by atoms with E-state index in [0.717, 1.165) is 38.2 Å². The first-order valence-electron chi connectivity index (χ1n) is 7.27. The summed E-state index contributed by atoms with van der Waals surface area (Å²) in [6.45, 7) is 1.66. The van der Waals surface area contributed by atoms with Gasteiger partial charge in [-0.05, 0) is 56.2 Å². The van der Waals surface area contributed by atoms with Gasteiger partial charge in [0.15, 0.2) is 0 Å². The maximum atomic E-state index is 5.92. The topological polar surface area (TPSA) is 44.5 Å². The molecule has 1 saturated heterocycles. The quantitative estimate of drug-likeness (QED) is 0.822. The molecule has 1 aliphatic rings. The minimum Gasteiger partial charge on any atom is -0.496 e. The summed E-state index contributed by atoms with van der Waals surface area (Å²) in [5.41, 5.74) is 7.17. The molecule has 0 aromatic heterocycles. The third-order valence-electron chi connectivity index (χ3n) is 3.96. The Morgan fingerprint density at radius 1 is 1.42 bits per heavy atom. The van der Waals surface area contributed by atoms with E-state index >= 15 is 0 Å². The Morgan fingerprint density at radius 3 is 2.95 bits per heavy atom. The van der Waals surface area contributed by atoms with Crippen LogP contribution in [0.2, 0.25) is 0 Å². The largest absolute Gasteiger partial charge is 0.496 e. The minimum absolute atomic E-state index is 0.465. The standard InChI is InChI=1S/C16H25NO2/c1-18-16-7-3-2-5-14(16)11-13(12-17)8-9-15-6-4-10-19-15/h2-3,5,7,13,15H,4,6,8-12,17H2,1H3. The van der Waals surface area contributed by atoms with Crippen molar-refractivity contribution in [1.29, 1.82) is 0 Å². The van der Waals surface area contributed by atoms with Crippen molar-refractivity contribution in [2.45, 2.75) is 38.2 Å². The van der Waals surface area contributed by atoms with Gasteiger partial charge in [0.1, 0.15) is 5.75 Å². The minimum atomic E-state index is 0.465. The fourth-order valence-electron chi connectivity index (χ4n) is 2.78. The second kappa shape index (κ2) is 7.51. The van der Waals surface area contributed by atoms with Crippen LogP contribution in [-0.4, -0.2) is 26.4 Å². The molecule has 2 rings (SSSR count). The Balaban J connectivity index is 1.86. The SMILES string of the molecule is COc1ccccc1CC(CN)CCC1CCCO1. The monoisotopic (exact) mass is 263 g/mol. The lowest BCUT2D eigenvalue weighted by Crippen LogP contribution is -2.19. The smallest absolute Gasteiger partial charge is 0.122 e. The molecule has 2 unspecified atom stereocenters. The number of hydrogen-bond acceptors (Lipinski definition) is 3. The zero-order chi connectivity index (χ0) is 13.5. The fraction of sp³-hybridized carbons (Fsp3) is 0.625. The van der Waals surface area contributed by atoms with Crippen molar-refractivity contribution in [3.63, 3.8) is 0 Å². The van der Waals surface area contributed by atoms with E-state index in [1.165, 1.54) is 18.4 Å². The lowest BCUT2D eigenvalue weighted by molar-refractivity contribution is 0.0983. The van der Waals surface area contributed by atoms with Gasteiger partial charge in [-0.15, -0.1) is 0 Å². The average molecular weight is 263 g/mol. The van der Waals surface area contributed by atoms with E-state index in [2.05, 4.69) is 12.1 Å². The van der Waals surface area contributed by atoms with Crippen molar-refractivity contribution in [2.75, 3.05) is 20.3 Å². The van der Waals surface area contributed by atoms with Gasteiger partial charge >= 0.3 is 0 Å². The van der Waals surface area contributed by atoms with Gasteiger partial charge in [0.2, 0.25) is 0 Å². The van der Waals surface area contributed by atoms with Crippen LogP contribution in [0.25, 0.3) is 0 Å². The van der Waals surface area contributed by atoms with Crippen LogP contribution < -0.4 is 10.5 Å². The summed E-state index contributed by atoms with van der Waals surface area (Å²) in [6.07, 6.45) is 6.16. The number of ether oxygens (including phenoxy) is 2. The highest BCUT2D eigenvalue weighted by molar-refractivity contribution is 5.33. The summed E-state index contributed by atoms with van der Waals surface area (Å²) in [4.78, 5) is 0. The van der Waals surface area contributed by atoms with Crippen LogP contribution in [0.1, 0.15) is 31.2 Å². The summed E-state index contributed by atoms with van der Waals surface area (Å²) in [5, 5.41) is 0. The molecule has 0 aliphatic carbocycles. The molecule has 3 heteroatoms. The van der Waals surface area contributed by atoms with Crippen molar-refractivity contribution in [2.24, 2.45) is 11.7 Å². The van der Waals surface area contributed by atoms with Crippen LogP contribution in [0.3, 0.4) is 0 Å². The van der Waals surface area contributed by atoms with Crippen LogP contribution in [0.5, 0.6) is 5.75 Å². The van der Waals surface area contributed by atoms with E-state index in [-0.39, 0.29) is 0 Å². The maximum absolute atomic E-state index is 5.92. The van der Waals surface area contributed by atoms with Crippen molar-refractivity contribution < 1.29 is 9.47 Å². The third-order valence-corrected chi connectivity index (χ3v) is 3.96. The maximum Gasteiger partial charge on any atom is 0.122 e. The normalized spacial score (nSPS) is 20.4. The molecule has 1 aliphatic heterocycles. The Bertz CT molecular complexity index is 375. The number of rotatable bonds is 7. The van der Waals surface area contributed by atoms with E-state index in [9.17, 15) is 0 Å². The first-order valence-corrected chi connectivity index (χ1v) is 7.27. The van der Waals surface area contributed by atoms with Gasteiger partial charge < -0.3 is 15.2 Å². The van der Waals surface area contributed by atoms with E-state index in [1.807, 2.05) is 12.1 Å². The van der Waals surface area contributed by atoms with Gasteiger partial charge in [0.05, 0.1) is 13.2 Å². The molecule has 0 bridgehead atoms. The number of methoxy groups -OCH3 is 1. The molecule has 106 valence electrons. The van der Waals surface area contributed by atoms with Crippen LogP contribution in [0.4, 0.5) is 0 Å². The molecule has 3 nitrogen and oxygen atoms in total. The molecule has 1 fully saturated rings. The third kappa shape index (κ3) is 4.22. The number of nitrogens with two attached hydrogens (primary N) is 1. The predicted octanol–water partition coefficient (Wildman–Crippen LogP) is 2.77. The van der Waals surface area contributed by atoms with Gasteiger partial charge in [-0.25, -0.2) is 0 Å². The van der Waals surface area contributed by atoms with Crippen molar-refractivity contribution in [3.05, 3.63) is 29.8 Å². The van der Waals surface area contributed by atoms with Crippen LogP contribution in [0, 0.1) is 5.92 Å². The number of para-hydroxylation sites is 1. The van der Waals surface area contributed by atoms with Gasteiger partial charge in [-0.2, -0.15) is 0 Å². The molecule has 0 spiro atoms. The molecule has 1 aromatic rings. The van der Waals surface area contributed by atoms with E-state index in [0.29, 0.717) is 12.0 Å². The summed E-state index contributed by atoms with van der Waals surface area (Å²) in [7, 11) is 1.72. The first-order chi connectivity index (χ1) is 9.33. The Labute approximate surface area is 116 Å². The highest BCUT2D eigenvalue weighted by atomic mass is 16.5. The Kier molecular flexibility index (Phi) is 5.67. The Hall–Kier alpha value is -1.06. The van der Waals surface area contributed by atoms with E-state index < -0.39 is 0 Å². The molecule has 0 radical (unpaired) electrons. The van der Waals surface area contributed by atoms with Crippen LogP contribution in [-0.2, 0) is 11.2 Å². The highest BCUT2D eigenvalue weighted by Gasteiger charge is 2.18. The summed E-state index contributed by atoms with van der Waals surface area (Å²) < 4.78 is 11.1. The first kappa shape index (κ1) is 14.4. The molecule has 2 atom stereocenters. The molecular weight excluding hydrogens is 238 g/mol. The molecule has 19 heavy (non-hydrogen) atoms. The average Bonchev–Trinajstić information content (AvgIpc) is 2.97. The van der Waals surface area contributed by atoms with Crippen molar-refractivity contribution in [3.8, 4) is 5.75 Å². The molecule has 1 aromatic carbocycles. The Morgan fingerprint density at radius 2 is 2.26 bits per heavy atom. The predicted molar refractivity (Wildman–Crippen MR) is 77.5 cm³/mol. The molecule has 1 heterocycles. The van der Waals surface area contributed by atoms with E-state index in [1.54, 1.807) is 7.11 Å². The highest BCUT2D eigenvalue weighted by Crippen LogP contribution is 2.25. The second-order valence-corrected chi connectivity index (χ2v) is 5.33. The van der Waals surface area contributed by atoms with Crippen molar-refractivity contribution in [1.82, 2.24) is 0 Å².